The molecule has 12 aromatic rings. The van der Waals surface area contributed by atoms with Crippen molar-refractivity contribution in [1.29, 1.82) is 0 Å². The highest BCUT2D eigenvalue weighted by atomic mass is 16.7. The largest absolute Gasteiger partial charge is 0.489 e. The third-order valence-corrected chi connectivity index (χ3v) is 18.9. The minimum atomic E-state index is -1.23. The Morgan fingerprint density at radius 2 is 0.703 bits per heavy atom. The van der Waals surface area contributed by atoms with Gasteiger partial charge in [0, 0.05) is 66.8 Å². The molecular formula is C95H88O16. The average molecular weight is 1490 g/mol. The van der Waals surface area contributed by atoms with Gasteiger partial charge in [-0.2, -0.15) is 0 Å². The van der Waals surface area contributed by atoms with Crippen molar-refractivity contribution in [1.82, 2.24) is 0 Å². The van der Waals surface area contributed by atoms with E-state index in [4.69, 9.17) is 66.3 Å². The van der Waals surface area contributed by atoms with Gasteiger partial charge in [-0.05, 0) is 89.0 Å². The van der Waals surface area contributed by atoms with E-state index in [2.05, 4.69) is 0 Å². The molecule has 0 bridgehead atoms. The monoisotopic (exact) mass is 1480 g/mol. The second-order valence-corrected chi connectivity index (χ2v) is 27.0. The summed E-state index contributed by atoms with van der Waals surface area (Å²) in [6.07, 6.45) is -6.28. The standard InChI is InChI=1S/C95H88O16/c1-3-98-66(2)107-94-91-86(106-65-74-43-26-11-27-44-74)55-78(100-59-68-31-14-5-15-32-68)56-87(91)110-93(76-48-50-81(102-61-70-35-18-7-19-36-70)85(52-76)105-64-73-41-24-10-25-42-73)95(94)111-90(97)46-28-45-89(96)108-88-57-79-82(103-62-71-37-20-8-21-38-71)53-77(99-58-67-29-12-4-13-30-67)54-83(79)109-92(88)75-47-49-80(101-60-69-33-16-6-17-34-69)84(51-75)104-63-72-39-22-9-23-40-72/h4-27,29-44,47-56,66,88,92-95H,3,28,45-46,57-65H2,1-2H3/t66?,88-,92+,93+,94-,95-/m0/s1. The highest BCUT2D eigenvalue weighted by Crippen LogP contribution is 2.52. The van der Waals surface area contributed by atoms with Crippen molar-refractivity contribution in [2.75, 3.05) is 6.61 Å². The van der Waals surface area contributed by atoms with E-state index in [1.54, 1.807) is 6.92 Å². The third-order valence-electron chi connectivity index (χ3n) is 18.9. The summed E-state index contributed by atoms with van der Waals surface area (Å²) in [5.41, 5.74) is 9.96. The summed E-state index contributed by atoms with van der Waals surface area (Å²) in [5.74, 6) is 3.33. The minimum Gasteiger partial charge on any atom is -0.489 e. The fraction of sp³-hybridized carbons (Fsp3) is 0.221. The summed E-state index contributed by atoms with van der Waals surface area (Å²) in [4.78, 5) is 30.1. The van der Waals surface area contributed by atoms with Gasteiger partial charge in [-0.3, -0.25) is 9.59 Å². The molecule has 2 heterocycles. The van der Waals surface area contributed by atoms with E-state index in [9.17, 15) is 4.79 Å². The van der Waals surface area contributed by atoms with Gasteiger partial charge in [-0.1, -0.05) is 255 Å². The maximum Gasteiger partial charge on any atom is 0.306 e. The van der Waals surface area contributed by atoms with Gasteiger partial charge in [0.15, 0.2) is 47.6 Å². The minimum absolute atomic E-state index is 0.0269. The molecule has 12 aromatic carbocycles. The molecule has 0 saturated carbocycles. The van der Waals surface area contributed by atoms with E-state index in [-0.39, 0.29) is 78.5 Å². The Labute approximate surface area is 647 Å². The van der Waals surface area contributed by atoms with Crippen LogP contribution in [0.2, 0.25) is 0 Å². The molecular weight excluding hydrogens is 1400 g/mol. The maximum absolute atomic E-state index is 15.2. The number of hydrogen-bond donors (Lipinski definition) is 0. The lowest BCUT2D eigenvalue weighted by molar-refractivity contribution is -0.214. The zero-order valence-corrected chi connectivity index (χ0v) is 62.1. The van der Waals surface area contributed by atoms with Crippen LogP contribution in [0, 0.1) is 0 Å². The van der Waals surface area contributed by atoms with Crippen molar-refractivity contribution in [3.05, 3.63) is 370 Å². The van der Waals surface area contributed by atoms with E-state index in [1.165, 1.54) is 0 Å². The zero-order valence-electron chi connectivity index (χ0n) is 62.1. The summed E-state index contributed by atoms with van der Waals surface area (Å²) in [6.45, 7) is 5.92. The quantitative estimate of drug-likeness (QED) is 0.0269. The Kier molecular flexibility index (Phi) is 25.8. The molecule has 6 atom stereocenters. The molecule has 16 heteroatoms. The van der Waals surface area contributed by atoms with Crippen LogP contribution in [0.5, 0.6) is 57.5 Å². The van der Waals surface area contributed by atoms with Gasteiger partial charge in [0.05, 0.1) is 5.56 Å². The lowest BCUT2D eigenvalue weighted by Crippen LogP contribution is -2.41. The molecule has 564 valence electrons. The first-order valence-corrected chi connectivity index (χ1v) is 37.6. The molecule has 111 heavy (non-hydrogen) atoms. The van der Waals surface area contributed by atoms with Crippen LogP contribution in [0.4, 0.5) is 0 Å². The zero-order chi connectivity index (χ0) is 75.8. The van der Waals surface area contributed by atoms with Gasteiger partial charge >= 0.3 is 11.9 Å². The normalized spacial score (nSPS) is 15.7. The Balaban J connectivity index is 0.782. The van der Waals surface area contributed by atoms with Crippen LogP contribution < -0.4 is 47.4 Å². The van der Waals surface area contributed by atoms with Crippen molar-refractivity contribution in [3.8, 4) is 57.5 Å². The molecule has 0 aromatic heterocycles. The lowest BCUT2D eigenvalue weighted by Gasteiger charge is -2.40. The lowest BCUT2D eigenvalue weighted by atomic mass is 9.90. The highest BCUT2D eigenvalue weighted by Gasteiger charge is 2.47. The van der Waals surface area contributed by atoms with Crippen molar-refractivity contribution < 1.29 is 75.9 Å². The molecule has 2 aliphatic heterocycles. The number of esters is 2. The van der Waals surface area contributed by atoms with E-state index < -0.39 is 48.7 Å². The van der Waals surface area contributed by atoms with Gasteiger partial charge in [0.25, 0.3) is 0 Å². The molecule has 0 aliphatic carbocycles. The molecule has 1 unspecified atom stereocenters. The fourth-order valence-corrected chi connectivity index (χ4v) is 13.3. The predicted molar refractivity (Wildman–Crippen MR) is 421 cm³/mol. The first kappa shape index (κ1) is 75.3. The number of hydrogen-bond acceptors (Lipinski definition) is 16. The van der Waals surface area contributed by atoms with Gasteiger partial charge in [-0.15, -0.1) is 0 Å². The second-order valence-electron chi connectivity index (χ2n) is 27.0. The van der Waals surface area contributed by atoms with E-state index in [0.717, 1.165) is 44.5 Å². The Hall–Kier alpha value is -12.5. The molecule has 0 radical (unpaired) electrons. The number of rotatable bonds is 36. The van der Waals surface area contributed by atoms with Gasteiger partial charge in [0.2, 0.25) is 0 Å². The van der Waals surface area contributed by atoms with Crippen LogP contribution in [0.15, 0.2) is 303 Å². The number of carbonyl (C=O) groups is 2. The van der Waals surface area contributed by atoms with Crippen molar-refractivity contribution in [2.24, 2.45) is 0 Å². The highest BCUT2D eigenvalue weighted by molar-refractivity contribution is 5.73. The summed E-state index contributed by atoms with van der Waals surface area (Å²) >= 11 is 0. The second kappa shape index (κ2) is 38.0. The Bertz CT molecular complexity index is 4920. The van der Waals surface area contributed by atoms with E-state index in [0.29, 0.717) is 86.4 Å². The third kappa shape index (κ3) is 20.9. The molecule has 0 amide bonds. The summed E-state index contributed by atoms with van der Waals surface area (Å²) in [6, 6.07) is 97.5. The topological polar surface area (TPSA) is 163 Å². The van der Waals surface area contributed by atoms with Crippen LogP contribution in [-0.4, -0.2) is 37.0 Å². The molecule has 0 saturated heterocycles. The molecule has 16 nitrogen and oxygen atoms in total. The van der Waals surface area contributed by atoms with Crippen LogP contribution in [-0.2, 0) is 87.8 Å². The first-order chi connectivity index (χ1) is 54.7. The number of benzene rings is 12. The maximum atomic E-state index is 15.2. The van der Waals surface area contributed by atoms with Crippen LogP contribution >= 0.6 is 0 Å². The number of fused-ring (bicyclic) bond motifs is 2. The molecule has 2 aliphatic rings. The number of ether oxygens (including phenoxy) is 14. The van der Waals surface area contributed by atoms with Crippen molar-refractivity contribution >= 4 is 11.9 Å². The predicted octanol–water partition coefficient (Wildman–Crippen LogP) is 20.3. The van der Waals surface area contributed by atoms with Crippen LogP contribution in [0.1, 0.15) is 118 Å². The van der Waals surface area contributed by atoms with E-state index >= 15 is 4.79 Å². The SMILES string of the molecule is CCOC(C)O[C@H]1c2c(OCc3ccccc3)cc(OCc3ccccc3)cc2O[C@H](c2ccc(OCc3ccccc3)c(OCc3ccccc3)c2)[C@@H]1OC(=O)CCCC(=O)O[C@H]1Cc2c(OCc3ccccc3)cc(OCc3ccccc3)cc2O[C@@H]1c1ccc(OCc2ccccc2)c(OCc2ccccc2)c1. The van der Waals surface area contributed by atoms with Gasteiger partial charge in [-0.25, -0.2) is 0 Å². The van der Waals surface area contributed by atoms with E-state index in [1.807, 2.05) is 310 Å². The average Bonchev–Trinajstić information content (AvgIpc) is 0.751. The molecule has 0 fully saturated rings. The summed E-state index contributed by atoms with van der Waals surface area (Å²) in [5, 5.41) is 0. The summed E-state index contributed by atoms with van der Waals surface area (Å²) in [7, 11) is 0. The molecule has 0 N–H and O–H groups in total. The van der Waals surface area contributed by atoms with Crippen molar-refractivity contribution in [2.45, 2.75) is 129 Å². The van der Waals surface area contributed by atoms with Gasteiger partial charge in [0.1, 0.15) is 99.6 Å². The molecule has 14 rings (SSSR count). The first-order valence-electron chi connectivity index (χ1n) is 37.6. The smallest absolute Gasteiger partial charge is 0.306 e. The Morgan fingerprint density at radius 3 is 1.12 bits per heavy atom. The Morgan fingerprint density at radius 1 is 0.360 bits per heavy atom. The van der Waals surface area contributed by atoms with Crippen LogP contribution in [0.25, 0.3) is 0 Å². The fourth-order valence-electron chi connectivity index (χ4n) is 13.3. The van der Waals surface area contributed by atoms with Crippen molar-refractivity contribution in [3.63, 3.8) is 0 Å². The molecule has 0 spiro atoms. The van der Waals surface area contributed by atoms with Gasteiger partial charge < -0.3 is 66.3 Å². The van der Waals surface area contributed by atoms with Crippen LogP contribution in [0.3, 0.4) is 0 Å². The summed E-state index contributed by atoms with van der Waals surface area (Å²) < 4.78 is 94.0. The number of carbonyl (C=O) groups excluding carboxylic acids is 2.